The van der Waals surface area contributed by atoms with Gasteiger partial charge in [0.25, 0.3) is 0 Å². The van der Waals surface area contributed by atoms with E-state index in [1.807, 2.05) is 0 Å². The van der Waals surface area contributed by atoms with Crippen molar-refractivity contribution >= 4 is 37.6 Å². The molecule has 0 fully saturated rings. The van der Waals surface area contributed by atoms with E-state index in [0.29, 0.717) is 4.31 Å². The van der Waals surface area contributed by atoms with Gasteiger partial charge in [-0.15, -0.1) is 11.6 Å². The Kier molecular flexibility index (Phi) is 5.94. The van der Waals surface area contributed by atoms with Crippen LogP contribution in [0, 0.1) is 0 Å². The summed E-state index contributed by atoms with van der Waals surface area (Å²) in [5.41, 5.74) is 0. The molecule has 0 aromatic carbocycles. The van der Waals surface area contributed by atoms with E-state index in [9.17, 15) is 21.6 Å². The van der Waals surface area contributed by atoms with E-state index < -0.39 is 22.7 Å². The fourth-order valence-corrected chi connectivity index (χ4v) is 4.12. The summed E-state index contributed by atoms with van der Waals surface area (Å²) in [5.74, 6) is 0.0711. The Balaban J connectivity index is 3.18. The minimum atomic E-state index is -4.62. The lowest BCUT2D eigenvalue weighted by atomic mass is 10.5. The molecule has 4 nitrogen and oxygen atoms in total. The molecule has 1 heterocycles. The molecule has 0 aliphatic carbocycles. The fourth-order valence-electron chi connectivity index (χ4n) is 1.51. The van der Waals surface area contributed by atoms with Gasteiger partial charge in [-0.2, -0.15) is 17.5 Å². The largest absolute Gasteiger partial charge is 0.452 e. The number of furan rings is 1. The molecule has 1 rings (SSSR count). The van der Waals surface area contributed by atoms with Crippen LogP contribution in [0.2, 0.25) is 0 Å². The summed E-state index contributed by atoms with van der Waals surface area (Å²) in [4.78, 5) is -0.356. The number of nitrogens with zero attached hydrogens (tertiary/aromatic N) is 1. The average Bonchev–Trinajstić information content (AvgIpc) is 2.69. The van der Waals surface area contributed by atoms with Crippen molar-refractivity contribution < 1.29 is 26.0 Å². The third-order valence-corrected chi connectivity index (χ3v) is 5.25. The Bertz CT molecular complexity index is 559. The van der Waals surface area contributed by atoms with E-state index in [1.165, 1.54) is 0 Å². The molecule has 0 N–H and O–H groups in total. The summed E-state index contributed by atoms with van der Waals surface area (Å²) in [5, 5.41) is 0. The van der Waals surface area contributed by atoms with Crippen molar-refractivity contribution in [2.24, 2.45) is 0 Å². The number of hydrogen-bond acceptors (Lipinski definition) is 3. The molecule has 20 heavy (non-hydrogen) atoms. The van der Waals surface area contributed by atoms with Crippen LogP contribution in [0.15, 0.2) is 20.0 Å². The van der Waals surface area contributed by atoms with Gasteiger partial charge in [-0.25, -0.2) is 8.42 Å². The van der Waals surface area contributed by atoms with Crippen LogP contribution in [0.3, 0.4) is 0 Å². The first-order valence-electron chi connectivity index (χ1n) is 5.53. The molecule has 0 radical (unpaired) electrons. The zero-order valence-corrected chi connectivity index (χ0v) is 13.5. The van der Waals surface area contributed by atoms with Gasteiger partial charge >= 0.3 is 6.18 Å². The summed E-state index contributed by atoms with van der Waals surface area (Å²) in [6.45, 7) is -0.194. The van der Waals surface area contributed by atoms with Gasteiger partial charge in [0.15, 0.2) is 4.67 Å². The van der Waals surface area contributed by atoms with Crippen molar-refractivity contribution in [3.8, 4) is 0 Å². The molecule has 0 atom stereocenters. The van der Waals surface area contributed by atoms with E-state index in [-0.39, 0.29) is 34.2 Å². The summed E-state index contributed by atoms with van der Waals surface area (Å²) in [7, 11) is -4.30. The Morgan fingerprint density at radius 2 is 2.05 bits per heavy atom. The topological polar surface area (TPSA) is 50.5 Å². The van der Waals surface area contributed by atoms with Crippen LogP contribution in [0.4, 0.5) is 13.2 Å². The molecule has 0 amide bonds. The van der Waals surface area contributed by atoms with Crippen molar-refractivity contribution in [2.45, 2.75) is 30.3 Å². The minimum absolute atomic E-state index is 0.0822. The number of alkyl halides is 4. The maximum Gasteiger partial charge on any atom is 0.402 e. The summed E-state index contributed by atoms with van der Waals surface area (Å²) < 4.78 is 67.2. The molecule has 1 aromatic heterocycles. The first-order chi connectivity index (χ1) is 9.11. The van der Waals surface area contributed by atoms with Crippen LogP contribution in [-0.4, -0.2) is 32.0 Å². The van der Waals surface area contributed by atoms with Gasteiger partial charge in [-0.05, 0) is 22.4 Å². The van der Waals surface area contributed by atoms with Gasteiger partial charge in [-0.1, -0.05) is 6.92 Å². The van der Waals surface area contributed by atoms with E-state index in [2.05, 4.69) is 15.9 Å². The van der Waals surface area contributed by atoms with E-state index >= 15 is 0 Å². The lowest BCUT2D eigenvalue weighted by Gasteiger charge is -2.22. The fraction of sp³-hybridized carbons (Fsp3) is 0.600. The molecule has 0 unspecified atom stereocenters. The van der Waals surface area contributed by atoms with Gasteiger partial charge in [0.1, 0.15) is 17.2 Å². The Labute approximate surface area is 128 Å². The Morgan fingerprint density at radius 3 is 2.45 bits per heavy atom. The maximum absolute atomic E-state index is 12.5. The molecule has 0 aliphatic heterocycles. The highest BCUT2D eigenvalue weighted by Crippen LogP contribution is 2.31. The molecule has 1 aromatic rings. The van der Waals surface area contributed by atoms with E-state index in [4.69, 9.17) is 16.0 Å². The quantitative estimate of drug-likeness (QED) is 0.686. The van der Waals surface area contributed by atoms with Gasteiger partial charge in [0, 0.05) is 12.6 Å². The van der Waals surface area contributed by atoms with Gasteiger partial charge in [0.2, 0.25) is 10.0 Å². The lowest BCUT2D eigenvalue weighted by Crippen LogP contribution is -2.39. The number of sulfonamides is 1. The standard InChI is InChI=1S/C10H12BrClF3NO3S/c1-2-3-16(6-10(13,14)15)20(17,18)8-4-7(5-12)19-9(8)11/h4H,2-3,5-6H2,1H3. The number of rotatable bonds is 6. The second-order valence-corrected chi connectivity index (χ2v) is 6.83. The highest BCUT2D eigenvalue weighted by Gasteiger charge is 2.38. The molecular formula is C10H12BrClF3NO3S. The second-order valence-electron chi connectivity index (χ2n) is 3.94. The summed E-state index contributed by atoms with van der Waals surface area (Å²) in [6.07, 6.45) is -4.36. The third-order valence-electron chi connectivity index (χ3n) is 2.28. The van der Waals surface area contributed by atoms with Crippen molar-refractivity contribution in [3.05, 3.63) is 16.5 Å². The van der Waals surface area contributed by atoms with Crippen LogP contribution in [0.5, 0.6) is 0 Å². The normalized spacial score (nSPS) is 13.2. The van der Waals surface area contributed by atoms with Gasteiger partial charge in [-0.3, -0.25) is 0 Å². The molecule has 0 aliphatic rings. The third kappa shape index (κ3) is 4.37. The Morgan fingerprint density at radius 1 is 1.45 bits per heavy atom. The van der Waals surface area contributed by atoms with Crippen molar-refractivity contribution in [1.82, 2.24) is 4.31 Å². The van der Waals surface area contributed by atoms with Crippen LogP contribution < -0.4 is 0 Å². The predicted octanol–water partition coefficient (Wildman–Crippen LogP) is 3.74. The summed E-state index contributed by atoms with van der Waals surface area (Å²) >= 11 is 8.39. The maximum atomic E-state index is 12.5. The summed E-state index contributed by atoms with van der Waals surface area (Å²) in [6, 6.07) is 1.12. The zero-order valence-electron chi connectivity index (χ0n) is 10.4. The highest BCUT2D eigenvalue weighted by molar-refractivity contribution is 9.10. The van der Waals surface area contributed by atoms with Crippen molar-refractivity contribution in [1.29, 1.82) is 0 Å². The monoisotopic (exact) mass is 397 g/mol. The molecule has 0 saturated carbocycles. The number of halogens is 5. The molecule has 116 valence electrons. The minimum Gasteiger partial charge on any atom is -0.452 e. The second kappa shape index (κ2) is 6.67. The smallest absolute Gasteiger partial charge is 0.402 e. The van der Waals surface area contributed by atoms with Crippen LogP contribution >= 0.6 is 27.5 Å². The average molecular weight is 399 g/mol. The highest BCUT2D eigenvalue weighted by atomic mass is 79.9. The molecule has 0 bridgehead atoms. The Hall–Kier alpha value is -0.250. The molecule has 0 saturated heterocycles. The molecule has 10 heteroatoms. The first-order valence-corrected chi connectivity index (χ1v) is 8.29. The van der Waals surface area contributed by atoms with Crippen LogP contribution in [-0.2, 0) is 15.9 Å². The van der Waals surface area contributed by atoms with Crippen molar-refractivity contribution in [3.63, 3.8) is 0 Å². The van der Waals surface area contributed by atoms with Gasteiger partial charge in [0.05, 0.1) is 5.88 Å². The van der Waals surface area contributed by atoms with Crippen molar-refractivity contribution in [2.75, 3.05) is 13.1 Å². The SMILES string of the molecule is CCCN(CC(F)(F)F)S(=O)(=O)c1cc(CCl)oc1Br. The molecule has 0 spiro atoms. The zero-order chi connectivity index (χ0) is 15.6. The van der Waals surface area contributed by atoms with Gasteiger partial charge < -0.3 is 4.42 Å². The number of hydrogen-bond donors (Lipinski definition) is 0. The van der Waals surface area contributed by atoms with Crippen LogP contribution in [0.1, 0.15) is 19.1 Å². The van der Waals surface area contributed by atoms with Crippen LogP contribution in [0.25, 0.3) is 0 Å². The van der Waals surface area contributed by atoms with E-state index in [0.717, 1.165) is 6.07 Å². The van der Waals surface area contributed by atoms with E-state index in [1.54, 1.807) is 6.92 Å². The lowest BCUT2D eigenvalue weighted by molar-refractivity contribution is -0.136. The predicted molar refractivity (Wildman–Crippen MR) is 71.1 cm³/mol. The molecular weight excluding hydrogens is 387 g/mol. The first kappa shape index (κ1) is 17.8.